The summed E-state index contributed by atoms with van der Waals surface area (Å²) in [6.45, 7) is 0. The maximum atomic E-state index is 10.7. The molecule has 1 aromatic rings. The summed E-state index contributed by atoms with van der Waals surface area (Å²) < 4.78 is 5.17. The molecule has 5 nitrogen and oxygen atoms in total. The van der Waals surface area contributed by atoms with Crippen LogP contribution in [0.2, 0.25) is 0 Å². The van der Waals surface area contributed by atoms with Crippen molar-refractivity contribution < 1.29 is 19.5 Å². The third-order valence-electron chi connectivity index (χ3n) is 2.36. The van der Waals surface area contributed by atoms with Gasteiger partial charge in [0.05, 0.1) is 12.8 Å². The van der Waals surface area contributed by atoms with Gasteiger partial charge in [-0.05, 0) is 12.1 Å². The van der Waals surface area contributed by atoms with Gasteiger partial charge in [0.15, 0.2) is 0 Å². The van der Waals surface area contributed by atoms with Crippen LogP contribution in [0, 0.1) is 0 Å². The van der Waals surface area contributed by atoms with Crippen LogP contribution in [0.3, 0.4) is 0 Å². The molecule has 0 amide bonds. The monoisotopic (exact) mass is 221 g/mol. The maximum absolute atomic E-state index is 10.7. The molecular formula is C11H11NO4. The number of methoxy groups -OCH3 is 1. The van der Waals surface area contributed by atoms with Gasteiger partial charge >= 0.3 is 5.97 Å². The van der Waals surface area contributed by atoms with E-state index < -0.39 is 12.1 Å². The van der Waals surface area contributed by atoms with E-state index in [9.17, 15) is 4.79 Å². The van der Waals surface area contributed by atoms with E-state index in [-0.39, 0.29) is 6.42 Å². The Balaban J connectivity index is 2.23. The minimum Gasteiger partial charge on any atom is -0.496 e. The summed E-state index contributed by atoms with van der Waals surface area (Å²) in [6.07, 6.45) is -0.629. The van der Waals surface area contributed by atoms with Gasteiger partial charge in [-0.15, -0.1) is 0 Å². The number of benzene rings is 1. The zero-order valence-electron chi connectivity index (χ0n) is 8.71. The fourth-order valence-electron chi connectivity index (χ4n) is 1.55. The zero-order valence-corrected chi connectivity index (χ0v) is 8.71. The molecule has 1 atom stereocenters. The highest BCUT2D eigenvalue weighted by Crippen LogP contribution is 2.24. The summed E-state index contributed by atoms with van der Waals surface area (Å²) >= 11 is 0. The number of aliphatic carboxylic acids is 1. The highest BCUT2D eigenvalue weighted by Gasteiger charge is 2.29. The number of oxime groups is 1. The SMILES string of the molecule is COc1ccccc1C1=NO[C@@H](C(=O)O)C1. The van der Waals surface area contributed by atoms with E-state index in [0.29, 0.717) is 11.5 Å². The van der Waals surface area contributed by atoms with E-state index in [2.05, 4.69) is 5.16 Å². The smallest absolute Gasteiger partial charge is 0.348 e. The Kier molecular flexibility index (Phi) is 2.76. The molecule has 1 aliphatic rings. The Hall–Kier alpha value is -2.04. The number of ether oxygens (including phenoxy) is 1. The Bertz CT molecular complexity index is 441. The van der Waals surface area contributed by atoms with Crippen molar-refractivity contribution in [1.82, 2.24) is 0 Å². The van der Waals surface area contributed by atoms with Crippen LogP contribution in [0.5, 0.6) is 5.75 Å². The molecule has 1 aromatic carbocycles. The van der Waals surface area contributed by atoms with Crippen molar-refractivity contribution in [2.75, 3.05) is 7.11 Å². The van der Waals surface area contributed by atoms with Crippen molar-refractivity contribution in [1.29, 1.82) is 0 Å². The van der Waals surface area contributed by atoms with Crippen LogP contribution in [0.25, 0.3) is 0 Å². The Morgan fingerprint density at radius 1 is 1.56 bits per heavy atom. The summed E-state index contributed by atoms with van der Waals surface area (Å²) in [5.74, 6) is -0.343. The molecule has 84 valence electrons. The van der Waals surface area contributed by atoms with Crippen molar-refractivity contribution in [3.8, 4) is 5.75 Å². The van der Waals surface area contributed by atoms with E-state index in [1.165, 1.54) is 0 Å². The molecular weight excluding hydrogens is 210 g/mol. The van der Waals surface area contributed by atoms with Gasteiger partial charge in [-0.3, -0.25) is 0 Å². The molecule has 1 heterocycles. The van der Waals surface area contributed by atoms with Crippen molar-refractivity contribution in [2.45, 2.75) is 12.5 Å². The molecule has 0 fully saturated rings. The van der Waals surface area contributed by atoms with Gasteiger partial charge in [-0.25, -0.2) is 4.79 Å². The first-order valence-electron chi connectivity index (χ1n) is 4.81. The van der Waals surface area contributed by atoms with Gasteiger partial charge in [0.2, 0.25) is 6.10 Å². The normalized spacial score (nSPS) is 18.8. The van der Waals surface area contributed by atoms with Crippen LogP contribution in [-0.2, 0) is 9.63 Å². The van der Waals surface area contributed by atoms with Crippen LogP contribution in [0.1, 0.15) is 12.0 Å². The van der Waals surface area contributed by atoms with Crippen LogP contribution < -0.4 is 4.74 Å². The van der Waals surface area contributed by atoms with E-state index in [1.807, 2.05) is 18.2 Å². The number of nitrogens with zero attached hydrogens (tertiary/aromatic N) is 1. The summed E-state index contributed by atoms with van der Waals surface area (Å²) in [4.78, 5) is 15.5. The number of carboxylic acid groups (broad SMARTS) is 1. The second kappa shape index (κ2) is 4.22. The van der Waals surface area contributed by atoms with E-state index in [1.54, 1.807) is 13.2 Å². The standard InChI is InChI=1S/C11H11NO4/c1-15-9-5-3-2-4-7(9)8-6-10(11(13)14)16-12-8/h2-5,10H,6H2,1H3,(H,13,14)/t10-/m1/s1. The van der Waals surface area contributed by atoms with Gasteiger partial charge in [-0.2, -0.15) is 0 Å². The molecule has 2 rings (SSSR count). The van der Waals surface area contributed by atoms with Gasteiger partial charge in [0.25, 0.3) is 0 Å². The highest BCUT2D eigenvalue weighted by molar-refractivity contribution is 6.05. The lowest BCUT2D eigenvalue weighted by Crippen LogP contribution is -2.20. The molecule has 0 bridgehead atoms. The second-order valence-corrected chi connectivity index (χ2v) is 3.37. The van der Waals surface area contributed by atoms with Crippen LogP contribution in [0.15, 0.2) is 29.4 Å². The number of carbonyl (C=O) groups is 1. The minimum absolute atomic E-state index is 0.260. The number of rotatable bonds is 3. The molecule has 0 aliphatic carbocycles. The predicted octanol–water partition coefficient (Wildman–Crippen LogP) is 1.27. The molecule has 0 unspecified atom stereocenters. The summed E-state index contributed by atoms with van der Waals surface area (Å²) in [7, 11) is 1.56. The third-order valence-corrected chi connectivity index (χ3v) is 2.36. The van der Waals surface area contributed by atoms with Crippen molar-refractivity contribution in [3.05, 3.63) is 29.8 Å². The molecule has 0 radical (unpaired) electrons. The van der Waals surface area contributed by atoms with E-state index in [4.69, 9.17) is 14.7 Å². The summed E-state index contributed by atoms with van der Waals surface area (Å²) in [6, 6.07) is 7.30. The largest absolute Gasteiger partial charge is 0.496 e. The van der Waals surface area contributed by atoms with Crippen LogP contribution >= 0.6 is 0 Å². The average molecular weight is 221 g/mol. The Morgan fingerprint density at radius 2 is 2.31 bits per heavy atom. The highest BCUT2D eigenvalue weighted by atomic mass is 16.7. The van der Waals surface area contributed by atoms with Crippen LogP contribution in [-0.4, -0.2) is 30.0 Å². The average Bonchev–Trinajstić information content (AvgIpc) is 2.78. The zero-order chi connectivity index (χ0) is 11.5. The molecule has 1 aliphatic heterocycles. The fourth-order valence-corrected chi connectivity index (χ4v) is 1.55. The number of hydrogen-bond acceptors (Lipinski definition) is 4. The maximum Gasteiger partial charge on any atom is 0.348 e. The molecule has 0 saturated heterocycles. The van der Waals surface area contributed by atoms with Gasteiger partial charge in [-0.1, -0.05) is 17.3 Å². The molecule has 1 N–H and O–H groups in total. The fraction of sp³-hybridized carbons (Fsp3) is 0.273. The van der Waals surface area contributed by atoms with Crippen molar-refractivity contribution >= 4 is 11.7 Å². The van der Waals surface area contributed by atoms with Crippen molar-refractivity contribution in [2.24, 2.45) is 5.16 Å². The first kappa shape index (κ1) is 10.5. The summed E-state index contributed by atoms with van der Waals surface area (Å²) in [5.41, 5.74) is 1.37. The predicted molar refractivity (Wildman–Crippen MR) is 56.7 cm³/mol. The third kappa shape index (κ3) is 1.84. The van der Waals surface area contributed by atoms with Gasteiger partial charge < -0.3 is 14.7 Å². The van der Waals surface area contributed by atoms with E-state index >= 15 is 0 Å². The van der Waals surface area contributed by atoms with Gasteiger partial charge in [0.1, 0.15) is 5.75 Å². The Labute approximate surface area is 92.3 Å². The van der Waals surface area contributed by atoms with Crippen molar-refractivity contribution in [3.63, 3.8) is 0 Å². The minimum atomic E-state index is -1.01. The van der Waals surface area contributed by atoms with Crippen LogP contribution in [0.4, 0.5) is 0 Å². The lowest BCUT2D eigenvalue weighted by atomic mass is 10.0. The first-order valence-corrected chi connectivity index (χ1v) is 4.81. The lowest BCUT2D eigenvalue weighted by molar-refractivity contribution is -0.148. The first-order chi connectivity index (χ1) is 7.72. The Morgan fingerprint density at radius 3 is 2.94 bits per heavy atom. The number of hydrogen-bond donors (Lipinski definition) is 1. The second-order valence-electron chi connectivity index (χ2n) is 3.37. The quantitative estimate of drug-likeness (QED) is 0.834. The molecule has 5 heteroatoms. The molecule has 0 spiro atoms. The number of para-hydroxylation sites is 1. The molecule has 0 aromatic heterocycles. The summed E-state index contributed by atoms with van der Waals surface area (Å²) in [5, 5.41) is 12.5. The number of carboxylic acids is 1. The molecule has 0 saturated carbocycles. The topological polar surface area (TPSA) is 68.1 Å². The van der Waals surface area contributed by atoms with Gasteiger partial charge in [0, 0.05) is 12.0 Å². The van der Waals surface area contributed by atoms with E-state index in [0.717, 1.165) is 5.56 Å². The lowest BCUT2D eigenvalue weighted by Gasteiger charge is -2.06. The molecule has 16 heavy (non-hydrogen) atoms.